The highest BCUT2D eigenvalue weighted by Crippen LogP contribution is 2.32. The molecule has 2 fully saturated rings. The van der Waals surface area contributed by atoms with Gasteiger partial charge in [0, 0.05) is 19.1 Å². The summed E-state index contributed by atoms with van der Waals surface area (Å²) in [6.07, 6.45) is 0.973. The third-order valence-corrected chi connectivity index (χ3v) is 6.49. The maximum absolute atomic E-state index is 12.8. The molecule has 0 bridgehead atoms. The molecule has 110 valence electrons. The maximum atomic E-state index is 12.8. The Bertz CT molecular complexity index is 580. The monoisotopic (exact) mass is 294 g/mol. The maximum Gasteiger partial charge on any atom is 0.243 e. The van der Waals surface area contributed by atoms with Crippen LogP contribution in [-0.2, 0) is 10.0 Å². The van der Waals surface area contributed by atoms with E-state index >= 15 is 0 Å². The van der Waals surface area contributed by atoms with E-state index in [2.05, 4.69) is 19.2 Å². The van der Waals surface area contributed by atoms with Gasteiger partial charge in [0.1, 0.15) is 0 Å². The first kappa shape index (κ1) is 14.0. The van der Waals surface area contributed by atoms with Crippen LogP contribution in [0.3, 0.4) is 0 Å². The zero-order valence-corrected chi connectivity index (χ0v) is 12.9. The first-order valence-electron chi connectivity index (χ1n) is 7.32. The lowest BCUT2D eigenvalue weighted by Crippen LogP contribution is -2.39. The largest absolute Gasteiger partial charge is 0.315 e. The van der Waals surface area contributed by atoms with Crippen molar-refractivity contribution >= 4 is 10.0 Å². The van der Waals surface area contributed by atoms with Crippen molar-refractivity contribution in [3.05, 3.63) is 29.8 Å². The molecule has 0 aromatic heterocycles. The van der Waals surface area contributed by atoms with Gasteiger partial charge in [0.2, 0.25) is 10.0 Å². The van der Waals surface area contributed by atoms with Gasteiger partial charge in [-0.1, -0.05) is 26.0 Å². The van der Waals surface area contributed by atoms with Gasteiger partial charge in [-0.2, -0.15) is 4.31 Å². The van der Waals surface area contributed by atoms with Gasteiger partial charge in [-0.15, -0.1) is 0 Å². The van der Waals surface area contributed by atoms with Gasteiger partial charge in [-0.25, -0.2) is 8.42 Å². The summed E-state index contributed by atoms with van der Waals surface area (Å²) in [5.74, 6) is 0.904. The standard InChI is InChI=1S/C15H22N2O2S/c1-11(2)12-3-5-14(6-4-12)20(18,19)17-8-7-13-9-16-10-15(13)17/h3-6,11,13,15-16H,7-10H2,1-2H3/t13-,15+/m0/s1. The number of hydrogen-bond donors (Lipinski definition) is 1. The molecule has 1 aromatic carbocycles. The van der Waals surface area contributed by atoms with Crippen LogP contribution in [-0.4, -0.2) is 38.4 Å². The number of nitrogens with one attached hydrogen (secondary N) is 1. The van der Waals surface area contributed by atoms with Crippen LogP contribution in [0.4, 0.5) is 0 Å². The Balaban J connectivity index is 1.88. The van der Waals surface area contributed by atoms with Crippen LogP contribution in [0.2, 0.25) is 0 Å². The molecule has 2 saturated heterocycles. The van der Waals surface area contributed by atoms with E-state index in [1.807, 2.05) is 12.1 Å². The van der Waals surface area contributed by atoms with Crippen molar-refractivity contribution < 1.29 is 8.42 Å². The second-order valence-electron chi connectivity index (χ2n) is 6.11. The van der Waals surface area contributed by atoms with E-state index in [0.29, 0.717) is 23.3 Å². The molecule has 2 aliphatic heterocycles. The van der Waals surface area contributed by atoms with Crippen molar-refractivity contribution in [2.75, 3.05) is 19.6 Å². The molecule has 2 heterocycles. The van der Waals surface area contributed by atoms with Crippen molar-refractivity contribution in [1.29, 1.82) is 0 Å². The molecular formula is C15H22N2O2S. The Morgan fingerprint density at radius 3 is 2.55 bits per heavy atom. The van der Waals surface area contributed by atoms with E-state index in [-0.39, 0.29) is 6.04 Å². The highest BCUT2D eigenvalue weighted by molar-refractivity contribution is 7.89. The van der Waals surface area contributed by atoms with Crippen molar-refractivity contribution in [3.63, 3.8) is 0 Å². The van der Waals surface area contributed by atoms with Crippen LogP contribution >= 0.6 is 0 Å². The Labute approximate surface area is 121 Å². The normalized spacial score (nSPS) is 27.1. The van der Waals surface area contributed by atoms with Crippen LogP contribution in [0.1, 0.15) is 31.7 Å². The molecular weight excluding hydrogens is 272 g/mol. The zero-order chi connectivity index (χ0) is 14.3. The summed E-state index contributed by atoms with van der Waals surface area (Å²) in [5, 5.41) is 3.30. The summed E-state index contributed by atoms with van der Waals surface area (Å²) in [4.78, 5) is 0.425. The summed E-state index contributed by atoms with van der Waals surface area (Å²) < 4.78 is 27.2. The lowest BCUT2D eigenvalue weighted by Gasteiger charge is -2.23. The summed E-state index contributed by atoms with van der Waals surface area (Å²) in [5.41, 5.74) is 1.17. The van der Waals surface area contributed by atoms with E-state index in [4.69, 9.17) is 0 Å². The average molecular weight is 294 g/mol. The van der Waals surface area contributed by atoms with Crippen molar-refractivity contribution in [1.82, 2.24) is 9.62 Å². The molecule has 20 heavy (non-hydrogen) atoms. The molecule has 1 N–H and O–H groups in total. The van der Waals surface area contributed by atoms with Crippen LogP contribution in [0, 0.1) is 5.92 Å². The van der Waals surface area contributed by atoms with Crippen molar-refractivity contribution in [3.8, 4) is 0 Å². The molecule has 0 saturated carbocycles. The molecule has 0 radical (unpaired) electrons. The lowest BCUT2D eigenvalue weighted by molar-refractivity contribution is 0.383. The minimum absolute atomic E-state index is 0.143. The summed E-state index contributed by atoms with van der Waals surface area (Å²) >= 11 is 0. The van der Waals surface area contributed by atoms with Crippen LogP contribution in [0.5, 0.6) is 0 Å². The minimum atomic E-state index is -3.34. The predicted octanol–water partition coefficient (Wildman–Crippen LogP) is 1.79. The predicted molar refractivity (Wildman–Crippen MR) is 79.2 cm³/mol. The number of sulfonamides is 1. The zero-order valence-electron chi connectivity index (χ0n) is 12.0. The van der Waals surface area contributed by atoms with E-state index < -0.39 is 10.0 Å². The summed E-state index contributed by atoms with van der Waals surface area (Å²) in [7, 11) is -3.34. The van der Waals surface area contributed by atoms with Gasteiger partial charge in [-0.05, 0) is 42.5 Å². The van der Waals surface area contributed by atoms with Gasteiger partial charge in [0.25, 0.3) is 0 Å². The van der Waals surface area contributed by atoms with E-state index in [0.717, 1.165) is 19.5 Å². The molecule has 0 spiro atoms. The molecule has 5 heteroatoms. The number of nitrogens with zero attached hydrogens (tertiary/aromatic N) is 1. The van der Waals surface area contributed by atoms with Crippen LogP contribution in [0.25, 0.3) is 0 Å². The number of hydrogen-bond acceptors (Lipinski definition) is 3. The third-order valence-electron chi connectivity index (χ3n) is 4.55. The van der Waals surface area contributed by atoms with Crippen molar-refractivity contribution in [2.24, 2.45) is 5.92 Å². The Morgan fingerprint density at radius 1 is 1.20 bits per heavy atom. The second kappa shape index (κ2) is 5.13. The number of benzene rings is 1. The fourth-order valence-corrected chi connectivity index (χ4v) is 4.97. The van der Waals surface area contributed by atoms with E-state index in [1.54, 1.807) is 16.4 Å². The van der Waals surface area contributed by atoms with Gasteiger partial charge < -0.3 is 5.32 Å². The van der Waals surface area contributed by atoms with Gasteiger partial charge in [-0.3, -0.25) is 0 Å². The smallest absolute Gasteiger partial charge is 0.243 e. The molecule has 0 amide bonds. The first-order chi connectivity index (χ1) is 9.50. The van der Waals surface area contributed by atoms with Gasteiger partial charge in [0.15, 0.2) is 0 Å². The molecule has 4 nitrogen and oxygen atoms in total. The van der Waals surface area contributed by atoms with Gasteiger partial charge >= 0.3 is 0 Å². The molecule has 1 aromatic rings. The minimum Gasteiger partial charge on any atom is -0.315 e. The molecule has 2 aliphatic rings. The fraction of sp³-hybridized carbons (Fsp3) is 0.600. The number of rotatable bonds is 3. The third kappa shape index (κ3) is 2.28. The summed E-state index contributed by atoms with van der Waals surface area (Å²) in [6, 6.07) is 7.50. The fourth-order valence-electron chi connectivity index (χ4n) is 3.27. The Kier molecular flexibility index (Phi) is 3.60. The second-order valence-corrected chi connectivity index (χ2v) is 8.00. The molecule has 0 aliphatic carbocycles. The lowest BCUT2D eigenvalue weighted by atomic mass is 10.0. The SMILES string of the molecule is CC(C)c1ccc(S(=O)(=O)N2CC[C@H]3CNC[C@H]32)cc1. The highest BCUT2D eigenvalue weighted by atomic mass is 32.2. The van der Waals surface area contributed by atoms with Crippen LogP contribution in [0.15, 0.2) is 29.2 Å². The molecule has 0 unspecified atom stereocenters. The topological polar surface area (TPSA) is 49.4 Å². The van der Waals surface area contributed by atoms with Gasteiger partial charge in [0.05, 0.1) is 4.90 Å². The summed E-state index contributed by atoms with van der Waals surface area (Å²) in [6.45, 7) is 6.61. The Morgan fingerprint density at radius 2 is 1.90 bits per heavy atom. The van der Waals surface area contributed by atoms with E-state index in [9.17, 15) is 8.42 Å². The number of fused-ring (bicyclic) bond motifs is 1. The quantitative estimate of drug-likeness (QED) is 0.924. The average Bonchev–Trinajstić information content (AvgIpc) is 3.00. The Hall–Kier alpha value is -0.910. The first-order valence-corrected chi connectivity index (χ1v) is 8.76. The van der Waals surface area contributed by atoms with Crippen LogP contribution < -0.4 is 5.32 Å². The highest BCUT2D eigenvalue weighted by Gasteiger charge is 2.43. The molecule has 3 rings (SSSR count). The van der Waals surface area contributed by atoms with Crippen molar-refractivity contribution in [2.45, 2.75) is 37.1 Å². The van der Waals surface area contributed by atoms with E-state index in [1.165, 1.54) is 5.56 Å². The molecule has 2 atom stereocenters.